The SMILES string of the molecule is COCCNC(=O)C(C)Oc1cc(C)c(Br)c(C)c1. The predicted octanol–water partition coefficient (Wildman–Crippen LogP) is 2.60. The van der Waals surface area contributed by atoms with Gasteiger partial charge in [-0.15, -0.1) is 0 Å². The molecule has 1 atom stereocenters. The number of carbonyl (C=O) groups excluding carboxylic acids is 1. The Balaban J connectivity index is 2.61. The molecule has 0 bridgehead atoms. The van der Waals surface area contributed by atoms with Gasteiger partial charge in [0.1, 0.15) is 5.75 Å². The van der Waals surface area contributed by atoms with Crippen molar-refractivity contribution in [2.24, 2.45) is 0 Å². The first-order valence-corrected chi connectivity index (χ1v) is 6.95. The molecular weight excluding hydrogens is 310 g/mol. The molecule has 0 aliphatic carbocycles. The highest BCUT2D eigenvalue weighted by molar-refractivity contribution is 9.10. The monoisotopic (exact) mass is 329 g/mol. The molecule has 4 nitrogen and oxygen atoms in total. The van der Waals surface area contributed by atoms with E-state index in [0.717, 1.165) is 15.6 Å². The Morgan fingerprint density at radius 1 is 1.37 bits per heavy atom. The van der Waals surface area contributed by atoms with Crippen LogP contribution in [-0.2, 0) is 9.53 Å². The fraction of sp³-hybridized carbons (Fsp3) is 0.500. The minimum absolute atomic E-state index is 0.143. The quantitative estimate of drug-likeness (QED) is 0.816. The summed E-state index contributed by atoms with van der Waals surface area (Å²) in [6.45, 7) is 6.70. The molecule has 0 fully saturated rings. The van der Waals surface area contributed by atoms with Crippen molar-refractivity contribution >= 4 is 21.8 Å². The van der Waals surface area contributed by atoms with Crippen LogP contribution in [-0.4, -0.2) is 32.3 Å². The number of carbonyl (C=O) groups is 1. The van der Waals surface area contributed by atoms with Gasteiger partial charge in [-0.25, -0.2) is 0 Å². The first-order valence-electron chi connectivity index (χ1n) is 6.15. The van der Waals surface area contributed by atoms with E-state index in [9.17, 15) is 4.79 Å². The summed E-state index contributed by atoms with van der Waals surface area (Å²) in [5.74, 6) is 0.558. The number of hydrogen-bond acceptors (Lipinski definition) is 3. The van der Waals surface area contributed by atoms with Gasteiger partial charge in [-0.05, 0) is 44.0 Å². The molecule has 1 unspecified atom stereocenters. The first kappa shape index (κ1) is 16.0. The number of benzene rings is 1. The number of methoxy groups -OCH3 is 1. The van der Waals surface area contributed by atoms with Crippen molar-refractivity contribution in [3.63, 3.8) is 0 Å². The summed E-state index contributed by atoms with van der Waals surface area (Å²) in [4.78, 5) is 11.8. The molecule has 0 radical (unpaired) electrons. The summed E-state index contributed by atoms with van der Waals surface area (Å²) >= 11 is 3.50. The van der Waals surface area contributed by atoms with Crippen LogP contribution in [0, 0.1) is 13.8 Å². The Kier molecular flexibility index (Phi) is 6.31. The number of halogens is 1. The first-order chi connectivity index (χ1) is 8.95. The second kappa shape index (κ2) is 7.50. The smallest absolute Gasteiger partial charge is 0.260 e. The minimum Gasteiger partial charge on any atom is -0.481 e. The molecule has 106 valence electrons. The zero-order valence-corrected chi connectivity index (χ0v) is 13.3. The topological polar surface area (TPSA) is 47.6 Å². The van der Waals surface area contributed by atoms with Crippen LogP contribution < -0.4 is 10.1 Å². The zero-order chi connectivity index (χ0) is 14.4. The molecule has 1 aromatic carbocycles. The zero-order valence-electron chi connectivity index (χ0n) is 11.7. The summed E-state index contributed by atoms with van der Waals surface area (Å²) in [7, 11) is 1.60. The number of nitrogens with one attached hydrogen (secondary N) is 1. The summed E-state index contributed by atoms with van der Waals surface area (Å²) in [6, 6.07) is 3.83. The van der Waals surface area contributed by atoms with Crippen LogP contribution in [0.4, 0.5) is 0 Å². The third-order valence-corrected chi connectivity index (χ3v) is 3.95. The van der Waals surface area contributed by atoms with Gasteiger partial charge < -0.3 is 14.8 Å². The Morgan fingerprint density at radius 2 is 1.95 bits per heavy atom. The lowest BCUT2D eigenvalue weighted by atomic mass is 10.1. The van der Waals surface area contributed by atoms with Crippen LogP contribution in [0.15, 0.2) is 16.6 Å². The largest absolute Gasteiger partial charge is 0.481 e. The lowest BCUT2D eigenvalue weighted by Gasteiger charge is -2.16. The maximum Gasteiger partial charge on any atom is 0.260 e. The highest BCUT2D eigenvalue weighted by Gasteiger charge is 2.14. The summed E-state index contributed by atoms with van der Waals surface area (Å²) < 4.78 is 11.6. The fourth-order valence-corrected chi connectivity index (χ4v) is 1.88. The molecule has 0 spiro atoms. The van der Waals surface area contributed by atoms with Gasteiger partial charge in [-0.3, -0.25) is 4.79 Å². The number of ether oxygens (including phenoxy) is 2. The maximum atomic E-state index is 11.8. The molecule has 5 heteroatoms. The third kappa shape index (κ3) is 4.84. The molecule has 0 saturated carbocycles. The van der Waals surface area contributed by atoms with Crippen molar-refractivity contribution in [3.8, 4) is 5.75 Å². The lowest BCUT2D eigenvalue weighted by molar-refractivity contribution is -0.127. The van der Waals surface area contributed by atoms with Gasteiger partial charge in [0.05, 0.1) is 6.61 Å². The Labute approximate surface area is 122 Å². The second-order valence-electron chi connectivity index (χ2n) is 4.41. The highest BCUT2D eigenvalue weighted by Crippen LogP contribution is 2.26. The van der Waals surface area contributed by atoms with Crippen LogP contribution in [0.1, 0.15) is 18.1 Å². The Bertz CT molecular complexity index is 425. The highest BCUT2D eigenvalue weighted by atomic mass is 79.9. The number of rotatable bonds is 6. The van der Waals surface area contributed by atoms with Crippen molar-refractivity contribution < 1.29 is 14.3 Å². The van der Waals surface area contributed by atoms with E-state index < -0.39 is 6.10 Å². The molecule has 19 heavy (non-hydrogen) atoms. The van der Waals surface area contributed by atoms with E-state index in [1.807, 2.05) is 26.0 Å². The molecule has 0 aliphatic rings. The number of aryl methyl sites for hydroxylation is 2. The van der Waals surface area contributed by atoms with Crippen molar-refractivity contribution in [1.82, 2.24) is 5.32 Å². The summed E-state index contributed by atoms with van der Waals surface area (Å²) in [5.41, 5.74) is 2.17. The second-order valence-corrected chi connectivity index (χ2v) is 5.21. The Morgan fingerprint density at radius 3 is 2.47 bits per heavy atom. The lowest BCUT2D eigenvalue weighted by Crippen LogP contribution is -2.37. The molecule has 1 N–H and O–H groups in total. The van der Waals surface area contributed by atoms with Crippen LogP contribution in [0.3, 0.4) is 0 Å². The van der Waals surface area contributed by atoms with Gasteiger partial charge in [0, 0.05) is 18.1 Å². The minimum atomic E-state index is -0.531. The summed E-state index contributed by atoms with van der Waals surface area (Å²) in [6.07, 6.45) is -0.531. The molecule has 1 aromatic rings. The van der Waals surface area contributed by atoms with Crippen molar-refractivity contribution in [1.29, 1.82) is 0 Å². The van der Waals surface area contributed by atoms with Crippen molar-refractivity contribution in [3.05, 3.63) is 27.7 Å². The number of amides is 1. The van der Waals surface area contributed by atoms with E-state index in [1.165, 1.54) is 0 Å². The average Bonchev–Trinajstić information content (AvgIpc) is 2.36. The number of hydrogen-bond donors (Lipinski definition) is 1. The van der Waals surface area contributed by atoms with Crippen LogP contribution in [0.5, 0.6) is 5.75 Å². The van der Waals surface area contributed by atoms with Crippen LogP contribution in [0.2, 0.25) is 0 Å². The molecule has 0 aliphatic heterocycles. The van der Waals surface area contributed by atoms with Gasteiger partial charge in [0.25, 0.3) is 5.91 Å². The third-order valence-electron chi connectivity index (χ3n) is 2.70. The molecule has 0 aromatic heterocycles. The Hall–Kier alpha value is -1.07. The van der Waals surface area contributed by atoms with Crippen LogP contribution >= 0.6 is 15.9 Å². The fourth-order valence-electron chi connectivity index (χ4n) is 1.65. The van der Waals surface area contributed by atoms with E-state index in [1.54, 1.807) is 14.0 Å². The van der Waals surface area contributed by atoms with Gasteiger partial charge in [-0.2, -0.15) is 0 Å². The van der Waals surface area contributed by atoms with E-state index in [-0.39, 0.29) is 5.91 Å². The summed E-state index contributed by atoms with van der Waals surface area (Å²) in [5, 5.41) is 2.75. The maximum absolute atomic E-state index is 11.8. The normalized spacial score (nSPS) is 12.1. The average molecular weight is 330 g/mol. The van der Waals surface area contributed by atoms with Gasteiger partial charge in [0.15, 0.2) is 6.10 Å². The van der Waals surface area contributed by atoms with E-state index in [4.69, 9.17) is 9.47 Å². The molecule has 1 rings (SSSR count). The molecular formula is C14H20BrNO3. The van der Waals surface area contributed by atoms with Crippen molar-refractivity contribution in [2.45, 2.75) is 26.9 Å². The molecule has 1 amide bonds. The van der Waals surface area contributed by atoms with E-state index in [0.29, 0.717) is 18.9 Å². The van der Waals surface area contributed by atoms with E-state index in [2.05, 4.69) is 21.2 Å². The van der Waals surface area contributed by atoms with Gasteiger partial charge in [0.2, 0.25) is 0 Å². The predicted molar refractivity (Wildman–Crippen MR) is 78.6 cm³/mol. The van der Waals surface area contributed by atoms with Gasteiger partial charge >= 0.3 is 0 Å². The van der Waals surface area contributed by atoms with Gasteiger partial charge in [-0.1, -0.05) is 15.9 Å². The van der Waals surface area contributed by atoms with Crippen LogP contribution in [0.25, 0.3) is 0 Å². The molecule has 0 heterocycles. The van der Waals surface area contributed by atoms with Crippen molar-refractivity contribution in [2.75, 3.05) is 20.3 Å². The molecule has 0 saturated heterocycles. The van der Waals surface area contributed by atoms with E-state index >= 15 is 0 Å². The standard InChI is InChI=1S/C14H20BrNO3/c1-9-7-12(8-10(2)13(9)15)19-11(3)14(17)16-5-6-18-4/h7-8,11H,5-6H2,1-4H3,(H,16,17).